The summed E-state index contributed by atoms with van der Waals surface area (Å²) in [5, 5.41) is 9.20. The Morgan fingerprint density at radius 1 is 1.24 bits per heavy atom. The maximum Gasteiger partial charge on any atom is 0.227 e. The number of likely N-dealkylation sites (N-methyl/N-ethyl adjacent to an activating group) is 1. The number of carbonyl (C=O) groups excluding carboxylic acids is 1. The van der Waals surface area contributed by atoms with E-state index in [4.69, 9.17) is 4.74 Å². The van der Waals surface area contributed by atoms with E-state index in [9.17, 15) is 4.79 Å². The fraction of sp³-hybridized carbons (Fsp3) is 0.591. The molecule has 1 spiro atoms. The van der Waals surface area contributed by atoms with Crippen molar-refractivity contribution < 1.29 is 9.53 Å². The van der Waals surface area contributed by atoms with E-state index in [2.05, 4.69) is 38.5 Å². The summed E-state index contributed by atoms with van der Waals surface area (Å²) in [4.78, 5) is 17.4. The summed E-state index contributed by atoms with van der Waals surface area (Å²) in [6.07, 6.45) is 3.63. The van der Waals surface area contributed by atoms with Crippen LogP contribution in [0, 0.1) is 0 Å². The standard InChI is InChI=1S/C22H29N5O2/c1-3-27-20(16-7-6-11-25(2)14-16)23-24-21(27)26-12-10-22(15-26)13-18(28)17-8-4-5-9-19(17)29-22/h4-5,8-9,16H,3,6-7,10-15H2,1-2H3/t16-,22?/m1/s1. The smallest absolute Gasteiger partial charge is 0.227 e. The number of carbonyl (C=O) groups is 1. The van der Waals surface area contributed by atoms with Crippen molar-refractivity contribution in [2.24, 2.45) is 0 Å². The lowest BCUT2D eigenvalue weighted by Gasteiger charge is -2.34. The number of hydrogen-bond donors (Lipinski definition) is 0. The zero-order valence-corrected chi connectivity index (χ0v) is 17.3. The molecule has 1 aromatic heterocycles. The fourth-order valence-corrected chi connectivity index (χ4v) is 5.21. The summed E-state index contributed by atoms with van der Waals surface area (Å²) in [7, 11) is 2.18. The minimum Gasteiger partial charge on any atom is -0.484 e. The SMILES string of the molecule is CCn1c([C@@H]2CCCN(C)C2)nnc1N1CCC2(CC(=O)c3ccccc3O2)C1. The van der Waals surface area contributed by atoms with Gasteiger partial charge in [0.05, 0.1) is 18.5 Å². The summed E-state index contributed by atoms with van der Waals surface area (Å²) in [5.74, 6) is 3.35. The number of benzene rings is 1. The molecule has 154 valence electrons. The Balaban J connectivity index is 1.39. The predicted molar refractivity (Wildman–Crippen MR) is 111 cm³/mol. The minimum atomic E-state index is -0.457. The Bertz CT molecular complexity index is 926. The molecule has 3 aliphatic rings. The van der Waals surface area contributed by atoms with Crippen LogP contribution in [-0.4, -0.2) is 64.3 Å². The minimum absolute atomic E-state index is 0.177. The number of ether oxygens (including phenoxy) is 1. The molecule has 1 aromatic carbocycles. The largest absolute Gasteiger partial charge is 0.484 e. The summed E-state index contributed by atoms with van der Waals surface area (Å²) < 4.78 is 8.65. The van der Waals surface area contributed by atoms with Crippen LogP contribution in [0.15, 0.2) is 24.3 Å². The van der Waals surface area contributed by atoms with Crippen molar-refractivity contribution in [3.8, 4) is 5.75 Å². The van der Waals surface area contributed by atoms with Gasteiger partial charge in [0.25, 0.3) is 0 Å². The van der Waals surface area contributed by atoms with Gasteiger partial charge in [0, 0.05) is 32.0 Å². The molecule has 4 heterocycles. The van der Waals surface area contributed by atoms with Crippen molar-refractivity contribution in [1.29, 1.82) is 0 Å². The molecule has 0 N–H and O–H groups in total. The van der Waals surface area contributed by atoms with Gasteiger partial charge < -0.3 is 14.5 Å². The van der Waals surface area contributed by atoms with E-state index in [1.165, 1.54) is 12.8 Å². The maximum absolute atomic E-state index is 12.7. The Labute approximate surface area is 171 Å². The van der Waals surface area contributed by atoms with Crippen LogP contribution in [0.2, 0.25) is 0 Å². The number of fused-ring (bicyclic) bond motifs is 1. The van der Waals surface area contributed by atoms with Gasteiger partial charge in [0.2, 0.25) is 5.95 Å². The van der Waals surface area contributed by atoms with Crippen LogP contribution in [0.3, 0.4) is 0 Å². The number of aromatic nitrogens is 3. The number of Topliss-reactive ketones (excluding diaryl/α,β-unsaturated/α-hetero) is 1. The van der Waals surface area contributed by atoms with Gasteiger partial charge in [0.1, 0.15) is 17.2 Å². The molecule has 2 fully saturated rings. The molecule has 29 heavy (non-hydrogen) atoms. The summed E-state index contributed by atoms with van der Waals surface area (Å²) in [6, 6.07) is 7.59. The number of hydrogen-bond acceptors (Lipinski definition) is 6. The van der Waals surface area contributed by atoms with Crippen LogP contribution in [0.25, 0.3) is 0 Å². The molecule has 0 bridgehead atoms. The summed E-state index contributed by atoms with van der Waals surface area (Å²) in [6.45, 7) is 6.71. The highest BCUT2D eigenvalue weighted by molar-refractivity contribution is 6.00. The van der Waals surface area contributed by atoms with Gasteiger partial charge in [-0.15, -0.1) is 10.2 Å². The van der Waals surface area contributed by atoms with Gasteiger partial charge in [-0.25, -0.2) is 0 Å². The molecule has 3 aliphatic heterocycles. The van der Waals surface area contributed by atoms with Crippen LogP contribution >= 0.6 is 0 Å². The van der Waals surface area contributed by atoms with Crippen molar-refractivity contribution in [2.75, 3.05) is 38.1 Å². The van der Waals surface area contributed by atoms with Gasteiger partial charge in [-0.1, -0.05) is 12.1 Å². The molecule has 2 atom stereocenters. The molecule has 7 nitrogen and oxygen atoms in total. The first-order chi connectivity index (χ1) is 14.1. The van der Waals surface area contributed by atoms with E-state index in [1.807, 2.05) is 24.3 Å². The topological polar surface area (TPSA) is 63.5 Å². The van der Waals surface area contributed by atoms with Crippen molar-refractivity contribution >= 4 is 11.7 Å². The van der Waals surface area contributed by atoms with Crippen LogP contribution in [0.1, 0.15) is 54.7 Å². The second kappa shape index (κ2) is 7.13. The Kier molecular flexibility index (Phi) is 4.57. The van der Waals surface area contributed by atoms with Crippen molar-refractivity contribution in [3.05, 3.63) is 35.7 Å². The Morgan fingerprint density at radius 3 is 2.93 bits per heavy atom. The van der Waals surface area contributed by atoms with Crippen molar-refractivity contribution in [2.45, 2.75) is 50.7 Å². The monoisotopic (exact) mass is 395 g/mol. The van der Waals surface area contributed by atoms with Crippen LogP contribution in [0.4, 0.5) is 5.95 Å². The highest BCUT2D eigenvalue weighted by Gasteiger charge is 2.47. The second-order valence-corrected chi connectivity index (χ2v) is 8.76. The van der Waals surface area contributed by atoms with E-state index in [1.54, 1.807) is 0 Å². The van der Waals surface area contributed by atoms with Crippen LogP contribution in [-0.2, 0) is 6.54 Å². The Morgan fingerprint density at radius 2 is 2.10 bits per heavy atom. The number of piperidine rings is 1. The number of para-hydroxylation sites is 1. The number of anilines is 1. The molecular weight excluding hydrogens is 366 g/mol. The molecule has 7 heteroatoms. The van der Waals surface area contributed by atoms with Gasteiger partial charge >= 0.3 is 0 Å². The van der Waals surface area contributed by atoms with Crippen LogP contribution in [0.5, 0.6) is 5.75 Å². The van der Waals surface area contributed by atoms with E-state index in [0.29, 0.717) is 30.2 Å². The molecule has 0 amide bonds. The predicted octanol–water partition coefficient (Wildman–Crippen LogP) is 2.72. The van der Waals surface area contributed by atoms with E-state index < -0.39 is 5.60 Å². The van der Waals surface area contributed by atoms with E-state index in [0.717, 1.165) is 44.4 Å². The zero-order valence-electron chi connectivity index (χ0n) is 17.3. The van der Waals surface area contributed by atoms with Gasteiger partial charge in [-0.05, 0) is 45.5 Å². The maximum atomic E-state index is 12.7. The van der Waals surface area contributed by atoms with Gasteiger partial charge in [0.15, 0.2) is 5.78 Å². The third-order valence-electron chi connectivity index (χ3n) is 6.66. The third kappa shape index (κ3) is 3.21. The molecule has 0 saturated carbocycles. The Hall–Kier alpha value is -2.41. The summed E-state index contributed by atoms with van der Waals surface area (Å²) >= 11 is 0. The molecule has 2 aromatic rings. The first-order valence-corrected chi connectivity index (χ1v) is 10.8. The fourth-order valence-electron chi connectivity index (χ4n) is 5.21. The van der Waals surface area contributed by atoms with E-state index in [-0.39, 0.29) is 5.78 Å². The lowest BCUT2D eigenvalue weighted by atomic mass is 9.89. The highest BCUT2D eigenvalue weighted by atomic mass is 16.5. The normalized spacial score (nSPS) is 27.3. The summed E-state index contributed by atoms with van der Waals surface area (Å²) in [5.41, 5.74) is 0.248. The zero-order chi connectivity index (χ0) is 20.0. The number of ketones is 1. The second-order valence-electron chi connectivity index (χ2n) is 8.76. The lowest BCUT2D eigenvalue weighted by Crippen LogP contribution is -2.44. The van der Waals surface area contributed by atoms with Crippen LogP contribution < -0.4 is 9.64 Å². The average Bonchev–Trinajstić information content (AvgIpc) is 3.32. The number of nitrogens with zero attached hydrogens (tertiary/aromatic N) is 5. The first-order valence-electron chi connectivity index (χ1n) is 10.8. The molecule has 2 saturated heterocycles. The van der Waals surface area contributed by atoms with Gasteiger partial charge in [-0.3, -0.25) is 9.36 Å². The van der Waals surface area contributed by atoms with E-state index >= 15 is 0 Å². The number of likely N-dealkylation sites (tertiary alicyclic amines) is 1. The molecule has 5 rings (SSSR count). The number of rotatable bonds is 3. The molecule has 1 unspecified atom stereocenters. The van der Waals surface area contributed by atoms with Crippen molar-refractivity contribution in [3.63, 3.8) is 0 Å². The van der Waals surface area contributed by atoms with Crippen molar-refractivity contribution in [1.82, 2.24) is 19.7 Å². The molecule has 0 aliphatic carbocycles. The third-order valence-corrected chi connectivity index (χ3v) is 6.66. The lowest BCUT2D eigenvalue weighted by molar-refractivity contribution is 0.0538. The molecular formula is C22H29N5O2. The first kappa shape index (κ1) is 18.6. The van der Waals surface area contributed by atoms with Gasteiger partial charge in [-0.2, -0.15) is 0 Å². The molecule has 0 radical (unpaired) electrons. The highest BCUT2D eigenvalue weighted by Crippen LogP contribution is 2.40. The average molecular weight is 396 g/mol. The quantitative estimate of drug-likeness (QED) is 0.796.